The van der Waals surface area contributed by atoms with Gasteiger partial charge in [-0.05, 0) is 5.92 Å². The maximum Gasteiger partial charge on any atom is 0.255 e. The number of rotatable bonds is 3. The first-order chi connectivity index (χ1) is 7.91. The molecular formula is C11H18Cl2N2O2. The van der Waals surface area contributed by atoms with Gasteiger partial charge < -0.3 is 9.80 Å². The van der Waals surface area contributed by atoms with Gasteiger partial charge in [0.1, 0.15) is 0 Å². The fourth-order valence-electron chi connectivity index (χ4n) is 1.79. The molecule has 0 atom stereocenters. The summed E-state index contributed by atoms with van der Waals surface area (Å²) < 4.78 is 0. The molecule has 0 saturated carbocycles. The predicted molar refractivity (Wildman–Crippen MR) is 68.1 cm³/mol. The van der Waals surface area contributed by atoms with E-state index >= 15 is 0 Å². The normalized spacial score (nSPS) is 16.8. The Hall–Kier alpha value is -0.480. The summed E-state index contributed by atoms with van der Waals surface area (Å²) in [6, 6.07) is 0. The standard InChI is InChI=1S/C11H18Cl2N2O2/c1-8(2)7-9(16)14-3-5-15(6-4-14)11(17)10(12)13/h8,10H,3-7H2,1-2H3. The van der Waals surface area contributed by atoms with Crippen LogP contribution in [0.1, 0.15) is 20.3 Å². The lowest BCUT2D eigenvalue weighted by Gasteiger charge is -2.35. The van der Waals surface area contributed by atoms with E-state index in [9.17, 15) is 9.59 Å². The molecule has 0 aromatic rings. The van der Waals surface area contributed by atoms with E-state index in [1.54, 1.807) is 9.80 Å². The van der Waals surface area contributed by atoms with Crippen molar-refractivity contribution in [3.05, 3.63) is 0 Å². The summed E-state index contributed by atoms with van der Waals surface area (Å²) in [5, 5.41) is 0. The Morgan fingerprint density at radius 3 is 1.94 bits per heavy atom. The van der Waals surface area contributed by atoms with Crippen molar-refractivity contribution >= 4 is 35.0 Å². The summed E-state index contributed by atoms with van der Waals surface area (Å²) >= 11 is 11.0. The number of hydrogen-bond acceptors (Lipinski definition) is 2. The minimum absolute atomic E-state index is 0.153. The summed E-state index contributed by atoms with van der Waals surface area (Å²) in [5.41, 5.74) is 0. The summed E-state index contributed by atoms with van der Waals surface area (Å²) in [5.74, 6) is 0.238. The molecule has 1 saturated heterocycles. The first-order valence-electron chi connectivity index (χ1n) is 5.76. The Labute approximate surface area is 112 Å². The number of carbonyl (C=O) groups is 2. The van der Waals surface area contributed by atoms with Crippen LogP contribution in [0, 0.1) is 5.92 Å². The van der Waals surface area contributed by atoms with Gasteiger partial charge >= 0.3 is 0 Å². The number of carbonyl (C=O) groups excluding carboxylic acids is 2. The molecule has 0 aromatic carbocycles. The van der Waals surface area contributed by atoms with Crippen molar-refractivity contribution < 1.29 is 9.59 Å². The van der Waals surface area contributed by atoms with Gasteiger partial charge in [0.2, 0.25) is 5.91 Å². The fourth-order valence-corrected chi connectivity index (χ4v) is 2.07. The maximum absolute atomic E-state index is 11.8. The highest BCUT2D eigenvalue weighted by Crippen LogP contribution is 2.12. The van der Waals surface area contributed by atoms with Crippen LogP contribution < -0.4 is 0 Å². The van der Waals surface area contributed by atoms with E-state index in [1.807, 2.05) is 13.8 Å². The summed E-state index contributed by atoms with van der Waals surface area (Å²) in [4.78, 5) is 25.7. The number of hydrogen-bond donors (Lipinski definition) is 0. The second-order valence-corrected chi connectivity index (χ2v) is 5.70. The number of piperazine rings is 1. The van der Waals surface area contributed by atoms with E-state index in [0.29, 0.717) is 38.5 Å². The van der Waals surface area contributed by atoms with E-state index < -0.39 is 4.84 Å². The summed E-state index contributed by atoms with van der Waals surface area (Å²) in [6.07, 6.45) is 0.557. The first kappa shape index (κ1) is 14.6. The van der Waals surface area contributed by atoms with Crippen LogP contribution in [0.5, 0.6) is 0 Å². The van der Waals surface area contributed by atoms with Crippen LogP contribution in [0.3, 0.4) is 0 Å². The molecule has 0 N–H and O–H groups in total. The molecule has 1 aliphatic rings. The minimum Gasteiger partial charge on any atom is -0.339 e. The summed E-state index contributed by atoms with van der Waals surface area (Å²) in [7, 11) is 0. The molecule has 2 amide bonds. The van der Waals surface area contributed by atoms with Gasteiger partial charge in [0.05, 0.1) is 0 Å². The van der Waals surface area contributed by atoms with Gasteiger partial charge in [0.25, 0.3) is 5.91 Å². The van der Waals surface area contributed by atoms with Gasteiger partial charge in [-0.1, -0.05) is 37.0 Å². The second-order valence-electron chi connectivity index (χ2n) is 4.60. The monoisotopic (exact) mass is 280 g/mol. The summed E-state index contributed by atoms with van der Waals surface area (Å²) in [6.45, 7) is 6.19. The van der Waals surface area contributed by atoms with E-state index in [1.165, 1.54) is 0 Å². The largest absolute Gasteiger partial charge is 0.339 e. The van der Waals surface area contributed by atoms with Crippen LogP contribution in [0.25, 0.3) is 0 Å². The van der Waals surface area contributed by atoms with Gasteiger partial charge in [-0.3, -0.25) is 9.59 Å². The number of halogens is 2. The Morgan fingerprint density at radius 2 is 1.53 bits per heavy atom. The molecule has 0 radical (unpaired) electrons. The Morgan fingerprint density at radius 1 is 1.06 bits per heavy atom. The topological polar surface area (TPSA) is 40.6 Å². The van der Waals surface area contributed by atoms with Crippen LogP contribution in [-0.2, 0) is 9.59 Å². The third kappa shape index (κ3) is 4.36. The lowest BCUT2D eigenvalue weighted by Crippen LogP contribution is -2.51. The zero-order valence-corrected chi connectivity index (χ0v) is 11.7. The lowest BCUT2D eigenvalue weighted by molar-refractivity contribution is -0.139. The molecule has 6 heteroatoms. The minimum atomic E-state index is -1.01. The smallest absolute Gasteiger partial charge is 0.255 e. The van der Waals surface area contributed by atoms with E-state index in [-0.39, 0.29) is 11.8 Å². The number of nitrogens with zero attached hydrogens (tertiary/aromatic N) is 2. The Bertz CT molecular complexity index is 287. The zero-order valence-electron chi connectivity index (χ0n) is 10.2. The molecule has 4 nitrogen and oxygen atoms in total. The fraction of sp³-hybridized carbons (Fsp3) is 0.818. The van der Waals surface area contributed by atoms with Gasteiger partial charge in [-0.25, -0.2) is 0 Å². The third-order valence-electron chi connectivity index (χ3n) is 2.71. The molecule has 0 bridgehead atoms. The van der Waals surface area contributed by atoms with Crippen LogP contribution in [0.2, 0.25) is 0 Å². The first-order valence-corrected chi connectivity index (χ1v) is 6.63. The molecule has 1 heterocycles. The van der Waals surface area contributed by atoms with Gasteiger partial charge in [-0.15, -0.1) is 0 Å². The van der Waals surface area contributed by atoms with Crippen LogP contribution in [0.4, 0.5) is 0 Å². The van der Waals surface area contributed by atoms with Crippen molar-refractivity contribution in [1.29, 1.82) is 0 Å². The molecule has 0 aliphatic carbocycles. The quantitative estimate of drug-likeness (QED) is 0.736. The zero-order chi connectivity index (χ0) is 13.0. The average molecular weight is 281 g/mol. The Balaban J connectivity index is 2.40. The molecule has 0 spiro atoms. The third-order valence-corrected chi connectivity index (χ3v) is 3.09. The highest BCUT2D eigenvalue weighted by Gasteiger charge is 2.26. The van der Waals surface area contributed by atoms with E-state index in [4.69, 9.17) is 23.2 Å². The maximum atomic E-state index is 11.8. The van der Waals surface area contributed by atoms with Gasteiger partial charge in [-0.2, -0.15) is 0 Å². The van der Waals surface area contributed by atoms with Crippen LogP contribution >= 0.6 is 23.2 Å². The van der Waals surface area contributed by atoms with E-state index in [2.05, 4.69) is 0 Å². The Kier molecular flexibility index (Phi) is 5.53. The molecule has 17 heavy (non-hydrogen) atoms. The molecule has 1 fully saturated rings. The van der Waals surface area contributed by atoms with Gasteiger partial charge in [0.15, 0.2) is 4.84 Å². The van der Waals surface area contributed by atoms with Crippen LogP contribution in [0.15, 0.2) is 0 Å². The lowest BCUT2D eigenvalue weighted by atomic mass is 10.1. The SMILES string of the molecule is CC(C)CC(=O)N1CCN(C(=O)C(Cl)Cl)CC1. The molecular weight excluding hydrogens is 263 g/mol. The number of alkyl halides is 2. The molecule has 0 aromatic heterocycles. The van der Waals surface area contributed by atoms with Crippen LogP contribution in [-0.4, -0.2) is 52.6 Å². The molecule has 98 valence electrons. The van der Waals surface area contributed by atoms with Crippen molar-refractivity contribution in [3.8, 4) is 0 Å². The molecule has 0 unspecified atom stereocenters. The highest BCUT2D eigenvalue weighted by molar-refractivity contribution is 6.53. The second kappa shape index (κ2) is 6.45. The van der Waals surface area contributed by atoms with E-state index in [0.717, 1.165) is 0 Å². The predicted octanol–water partition coefficient (Wildman–Crippen LogP) is 1.51. The average Bonchev–Trinajstić information content (AvgIpc) is 2.27. The van der Waals surface area contributed by atoms with Crippen molar-refractivity contribution in [3.63, 3.8) is 0 Å². The van der Waals surface area contributed by atoms with Crippen molar-refractivity contribution in [2.45, 2.75) is 25.1 Å². The highest BCUT2D eigenvalue weighted by atomic mass is 35.5. The van der Waals surface area contributed by atoms with Gasteiger partial charge in [0, 0.05) is 32.6 Å². The number of amides is 2. The van der Waals surface area contributed by atoms with Crippen molar-refractivity contribution in [2.75, 3.05) is 26.2 Å². The molecule has 1 rings (SSSR count). The van der Waals surface area contributed by atoms with Crippen molar-refractivity contribution in [1.82, 2.24) is 9.80 Å². The molecule has 1 aliphatic heterocycles. The van der Waals surface area contributed by atoms with Crippen molar-refractivity contribution in [2.24, 2.45) is 5.92 Å².